The summed E-state index contributed by atoms with van der Waals surface area (Å²) in [5, 5.41) is 0. The van der Waals surface area contributed by atoms with Gasteiger partial charge in [-0.05, 0) is 50.4 Å². The molecule has 1 saturated heterocycles. The summed E-state index contributed by atoms with van der Waals surface area (Å²) in [4.78, 5) is 0. The Kier molecular flexibility index (Phi) is 4.00. The van der Waals surface area contributed by atoms with E-state index >= 15 is 0 Å². The number of nitrogens with two attached hydrogens (primary N) is 2. The van der Waals surface area contributed by atoms with E-state index in [0.29, 0.717) is 23.9 Å². The molecule has 88 valence electrons. The van der Waals surface area contributed by atoms with Gasteiger partial charge in [0.05, 0.1) is 0 Å². The van der Waals surface area contributed by atoms with Crippen molar-refractivity contribution >= 4 is 0 Å². The fourth-order valence-corrected chi connectivity index (χ4v) is 3.02. The van der Waals surface area contributed by atoms with E-state index in [1.165, 1.54) is 25.7 Å². The fourth-order valence-electron chi connectivity index (χ4n) is 3.02. The van der Waals surface area contributed by atoms with Crippen LogP contribution < -0.4 is 11.5 Å². The lowest BCUT2D eigenvalue weighted by atomic mass is 9.76. The van der Waals surface area contributed by atoms with Crippen LogP contribution in [0.4, 0.5) is 0 Å². The van der Waals surface area contributed by atoms with E-state index in [0.717, 1.165) is 26.1 Å². The molecule has 1 aliphatic carbocycles. The molecular formula is C12H24N2O. The minimum absolute atomic E-state index is 0.390. The molecule has 4 N–H and O–H groups in total. The van der Waals surface area contributed by atoms with Crippen molar-refractivity contribution in [3.63, 3.8) is 0 Å². The summed E-state index contributed by atoms with van der Waals surface area (Å²) in [6.07, 6.45) is 7.12. The summed E-state index contributed by atoms with van der Waals surface area (Å²) in [7, 11) is 0. The first-order valence-corrected chi connectivity index (χ1v) is 6.36. The Morgan fingerprint density at radius 2 is 1.40 bits per heavy atom. The van der Waals surface area contributed by atoms with Gasteiger partial charge in [0.1, 0.15) is 0 Å². The zero-order valence-corrected chi connectivity index (χ0v) is 9.53. The van der Waals surface area contributed by atoms with Crippen LogP contribution in [0.5, 0.6) is 0 Å². The summed E-state index contributed by atoms with van der Waals surface area (Å²) in [5.41, 5.74) is 12.3. The number of hydrogen-bond acceptors (Lipinski definition) is 3. The summed E-state index contributed by atoms with van der Waals surface area (Å²) in [6, 6.07) is 0.824. The first-order valence-electron chi connectivity index (χ1n) is 6.36. The van der Waals surface area contributed by atoms with Gasteiger partial charge in [0.2, 0.25) is 0 Å². The Balaban J connectivity index is 1.81. The van der Waals surface area contributed by atoms with Gasteiger partial charge in [-0.1, -0.05) is 0 Å². The standard InChI is InChI=1S/C12H24N2O/c13-11-3-1-9(2-4-11)12(14)10-5-7-15-8-6-10/h9-12H,1-8,13-14H2. The molecule has 0 aromatic carbocycles. The van der Waals surface area contributed by atoms with Crippen LogP contribution in [0.15, 0.2) is 0 Å². The quantitative estimate of drug-likeness (QED) is 0.724. The van der Waals surface area contributed by atoms with Crippen LogP contribution in [0.2, 0.25) is 0 Å². The van der Waals surface area contributed by atoms with Gasteiger partial charge in [-0.15, -0.1) is 0 Å². The van der Waals surface area contributed by atoms with Gasteiger partial charge in [0.25, 0.3) is 0 Å². The lowest BCUT2D eigenvalue weighted by Gasteiger charge is -2.36. The van der Waals surface area contributed by atoms with Crippen molar-refractivity contribution < 1.29 is 4.74 Å². The van der Waals surface area contributed by atoms with Crippen LogP contribution in [0, 0.1) is 11.8 Å². The molecule has 2 rings (SSSR count). The highest BCUT2D eigenvalue weighted by molar-refractivity contribution is 4.86. The Bertz CT molecular complexity index is 184. The van der Waals surface area contributed by atoms with E-state index in [-0.39, 0.29) is 0 Å². The van der Waals surface area contributed by atoms with Gasteiger partial charge in [-0.25, -0.2) is 0 Å². The summed E-state index contributed by atoms with van der Waals surface area (Å²) in [6.45, 7) is 1.81. The zero-order chi connectivity index (χ0) is 10.7. The second-order valence-electron chi connectivity index (χ2n) is 5.20. The van der Waals surface area contributed by atoms with Crippen molar-refractivity contribution in [2.45, 2.75) is 50.6 Å². The van der Waals surface area contributed by atoms with E-state index in [9.17, 15) is 0 Å². The first-order chi connectivity index (χ1) is 7.27. The van der Waals surface area contributed by atoms with Crippen LogP contribution in [0.3, 0.4) is 0 Å². The van der Waals surface area contributed by atoms with E-state index in [2.05, 4.69) is 0 Å². The summed E-state index contributed by atoms with van der Waals surface area (Å²) in [5.74, 6) is 1.41. The average Bonchev–Trinajstić information content (AvgIpc) is 2.30. The van der Waals surface area contributed by atoms with Crippen molar-refractivity contribution in [3.8, 4) is 0 Å². The largest absolute Gasteiger partial charge is 0.381 e. The second-order valence-corrected chi connectivity index (χ2v) is 5.20. The predicted octanol–water partition coefficient (Wildman–Crippen LogP) is 1.26. The highest BCUT2D eigenvalue weighted by Gasteiger charge is 2.30. The minimum atomic E-state index is 0.390. The molecular weight excluding hydrogens is 188 g/mol. The maximum atomic E-state index is 6.37. The Morgan fingerprint density at radius 1 is 0.867 bits per heavy atom. The van der Waals surface area contributed by atoms with Gasteiger partial charge >= 0.3 is 0 Å². The van der Waals surface area contributed by atoms with E-state index in [4.69, 9.17) is 16.2 Å². The van der Waals surface area contributed by atoms with Crippen LogP contribution in [-0.2, 0) is 4.74 Å². The highest BCUT2D eigenvalue weighted by atomic mass is 16.5. The molecule has 0 aromatic rings. The summed E-state index contributed by atoms with van der Waals surface area (Å²) >= 11 is 0. The molecule has 15 heavy (non-hydrogen) atoms. The Labute approximate surface area is 92.5 Å². The monoisotopic (exact) mass is 212 g/mol. The number of ether oxygens (including phenoxy) is 1. The third-order valence-electron chi connectivity index (χ3n) is 4.17. The molecule has 0 bridgehead atoms. The molecule has 1 atom stereocenters. The van der Waals surface area contributed by atoms with Gasteiger partial charge < -0.3 is 16.2 Å². The molecule has 1 aliphatic heterocycles. The van der Waals surface area contributed by atoms with Crippen molar-refractivity contribution in [1.82, 2.24) is 0 Å². The second kappa shape index (κ2) is 5.28. The van der Waals surface area contributed by atoms with Crippen molar-refractivity contribution in [3.05, 3.63) is 0 Å². The first kappa shape index (κ1) is 11.4. The molecule has 3 nitrogen and oxygen atoms in total. The molecule has 0 radical (unpaired) electrons. The molecule has 1 unspecified atom stereocenters. The number of rotatable bonds is 2. The normalized spacial score (nSPS) is 36.4. The van der Waals surface area contributed by atoms with Gasteiger partial charge in [0, 0.05) is 25.3 Å². The average molecular weight is 212 g/mol. The Hall–Kier alpha value is -0.120. The Morgan fingerprint density at radius 3 is 2.00 bits per heavy atom. The lowest BCUT2D eigenvalue weighted by molar-refractivity contribution is 0.0473. The van der Waals surface area contributed by atoms with Crippen LogP contribution in [-0.4, -0.2) is 25.3 Å². The van der Waals surface area contributed by atoms with Crippen LogP contribution >= 0.6 is 0 Å². The third-order valence-corrected chi connectivity index (χ3v) is 4.17. The SMILES string of the molecule is NC1CCC(C(N)C2CCOCC2)CC1. The van der Waals surface area contributed by atoms with Crippen LogP contribution in [0.1, 0.15) is 38.5 Å². The molecule has 1 heterocycles. The molecule has 3 heteroatoms. The van der Waals surface area contributed by atoms with Gasteiger partial charge in [0.15, 0.2) is 0 Å². The minimum Gasteiger partial charge on any atom is -0.381 e. The third kappa shape index (κ3) is 2.92. The molecule has 0 amide bonds. The number of hydrogen-bond donors (Lipinski definition) is 2. The highest BCUT2D eigenvalue weighted by Crippen LogP contribution is 2.31. The molecule has 2 fully saturated rings. The van der Waals surface area contributed by atoms with Gasteiger partial charge in [-0.2, -0.15) is 0 Å². The maximum Gasteiger partial charge on any atom is 0.0469 e. The van der Waals surface area contributed by atoms with Gasteiger partial charge in [-0.3, -0.25) is 0 Å². The summed E-state index contributed by atoms with van der Waals surface area (Å²) < 4.78 is 5.38. The smallest absolute Gasteiger partial charge is 0.0469 e. The molecule has 2 aliphatic rings. The molecule has 1 saturated carbocycles. The zero-order valence-electron chi connectivity index (χ0n) is 9.53. The molecule has 0 spiro atoms. The maximum absolute atomic E-state index is 6.37. The van der Waals surface area contributed by atoms with Crippen molar-refractivity contribution in [1.29, 1.82) is 0 Å². The van der Waals surface area contributed by atoms with Crippen LogP contribution in [0.25, 0.3) is 0 Å². The molecule has 0 aromatic heterocycles. The van der Waals surface area contributed by atoms with Crippen molar-refractivity contribution in [2.24, 2.45) is 23.3 Å². The van der Waals surface area contributed by atoms with E-state index in [1.54, 1.807) is 0 Å². The fraction of sp³-hybridized carbons (Fsp3) is 1.00. The topological polar surface area (TPSA) is 61.3 Å². The van der Waals surface area contributed by atoms with E-state index < -0.39 is 0 Å². The predicted molar refractivity (Wildman–Crippen MR) is 61.5 cm³/mol. The lowest BCUT2D eigenvalue weighted by Crippen LogP contribution is -2.43. The van der Waals surface area contributed by atoms with Crippen molar-refractivity contribution in [2.75, 3.05) is 13.2 Å². The van der Waals surface area contributed by atoms with E-state index in [1.807, 2.05) is 0 Å².